The third-order valence-corrected chi connectivity index (χ3v) is 5.07. The van der Waals surface area contributed by atoms with Gasteiger partial charge in [0.2, 0.25) is 12.7 Å². The van der Waals surface area contributed by atoms with E-state index in [1.807, 2.05) is 19.2 Å². The average molecular weight is 322 g/mol. The Morgan fingerprint density at radius 2 is 2.24 bits per heavy atom. The van der Waals surface area contributed by atoms with Gasteiger partial charge in [0, 0.05) is 22.8 Å². The molecule has 0 unspecified atom stereocenters. The highest BCUT2D eigenvalue weighted by Gasteiger charge is 2.18. The van der Waals surface area contributed by atoms with Crippen molar-refractivity contribution in [2.45, 2.75) is 23.4 Å². The Morgan fingerprint density at radius 1 is 1.43 bits per heavy atom. The van der Waals surface area contributed by atoms with Crippen LogP contribution in [0.1, 0.15) is 12.6 Å². The van der Waals surface area contributed by atoms with Gasteiger partial charge in [0.05, 0.1) is 5.25 Å². The summed E-state index contributed by atoms with van der Waals surface area (Å²) in [5.74, 6) is 1.30. The Kier molecular flexibility index (Phi) is 4.03. The van der Waals surface area contributed by atoms with Crippen LogP contribution < -0.4 is 14.8 Å². The lowest BCUT2D eigenvalue weighted by molar-refractivity contribution is -0.115. The van der Waals surface area contributed by atoms with Gasteiger partial charge in [-0.25, -0.2) is 4.98 Å². The Bertz CT molecular complexity index is 672. The zero-order valence-corrected chi connectivity index (χ0v) is 13.2. The maximum atomic E-state index is 12.2. The van der Waals surface area contributed by atoms with E-state index >= 15 is 0 Å². The second kappa shape index (κ2) is 5.95. The molecule has 7 heteroatoms. The molecule has 1 atom stereocenters. The molecule has 1 aliphatic heterocycles. The summed E-state index contributed by atoms with van der Waals surface area (Å²) in [6, 6.07) is 5.36. The molecule has 1 aliphatic rings. The van der Waals surface area contributed by atoms with Crippen molar-refractivity contribution >= 4 is 34.7 Å². The highest BCUT2D eigenvalue weighted by Crippen LogP contribution is 2.34. The maximum Gasteiger partial charge on any atom is 0.237 e. The molecule has 0 fully saturated rings. The van der Waals surface area contributed by atoms with Crippen LogP contribution in [0.15, 0.2) is 27.9 Å². The van der Waals surface area contributed by atoms with E-state index in [0.717, 1.165) is 10.0 Å². The first kappa shape index (κ1) is 14.2. The number of thioether (sulfide) groups is 1. The third kappa shape index (κ3) is 3.30. The molecule has 0 radical (unpaired) electrons. The van der Waals surface area contributed by atoms with Crippen LogP contribution in [-0.4, -0.2) is 22.9 Å². The Morgan fingerprint density at radius 3 is 3.00 bits per heavy atom. The minimum absolute atomic E-state index is 0.0632. The van der Waals surface area contributed by atoms with Gasteiger partial charge in [0.1, 0.15) is 0 Å². The molecule has 5 nitrogen and oxygen atoms in total. The Balaban J connectivity index is 1.63. The van der Waals surface area contributed by atoms with Crippen molar-refractivity contribution in [3.8, 4) is 11.5 Å². The first-order valence-corrected chi connectivity index (χ1v) is 8.17. The van der Waals surface area contributed by atoms with Crippen LogP contribution in [0.5, 0.6) is 11.5 Å². The minimum Gasteiger partial charge on any atom is -0.454 e. The number of aromatic nitrogens is 1. The molecule has 0 spiro atoms. The van der Waals surface area contributed by atoms with Crippen molar-refractivity contribution < 1.29 is 14.3 Å². The fraction of sp³-hybridized carbons (Fsp3) is 0.286. The molecule has 2 aromatic rings. The summed E-state index contributed by atoms with van der Waals surface area (Å²) in [6.07, 6.45) is 0. The molecule has 1 amide bonds. The van der Waals surface area contributed by atoms with Crippen molar-refractivity contribution in [2.24, 2.45) is 0 Å². The van der Waals surface area contributed by atoms with Gasteiger partial charge in [-0.3, -0.25) is 4.79 Å². The lowest BCUT2D eigenvalue weighted by atomic mass is 10.2. The number of amides is 1. The van der Waals surface area contributed by atoms with Gasteiger partial charge in [0.25, 0.3) is 0 Å². The van der Waals surface area contributed by atoms with Gasteiger partial charge in [-0.05, 0) is 26.0 Å². The van der Waals surface area contributed by atoms with Crippen LogP contribution in [0.2, 0.25) is 0 Å². The van der Waals surface area contributed by atoms with Gasteiger partial charge < -0.3 is 14.8 Å². The van der Waals surface area contributed by atoms with E-state index in [-0.39, 0.29) is 18.0 Å². The third-order valence-electron chi connectivity index (χ3n) is 2.88. The number of fused-ring (bicyclic) bond motifs is 1. The monoisotopic (exact) mass is 322 g/mol. The number of thiazole rings is 1. The number of nitrogens with zero attached hydrogens (tertiary/aromatic N) is 1. The molecule has 3 rings (SSSR count). The molecule has 0 saturated heterocycles. The molecule has 110 valence electrons. The zero-order valence-electron chi connectivity index (χ0n) is 11.6. The lowest BCUT2D eigenvalue weighted by Gasteiger charge is -2.10. The first-order chi connectivity index (χ1) is 10.1. The highest BCUT2D eigenvalue weighted by atomic mass is 32.2. The number of carbonyl (C=O) groups is 1. The average Bonchev–Trinajstić information content (AvgIpc) is 3.07. The highest BCUT2D eigenvalue weighted by molar-refractivity contribution is 8.02. The molecule has 21 heavy (non-hydrogen) atoms. The molecule has 2 heterocycles. The molecule has 0 aliphatic carbocycles. The summed E-state index contributed by atoms with van der Waals surface area (Å²) in [7, 11) is 0. The van der Waals surface area contributed by atoms with E-state index in [0.29, 0.717) is 17.2 Å². The SMILES string of the molecule is Cc1csc(S[C@H](C)C(=O)Nc2ccc3c(c2)OCO3)n1. The van der Waals surface area contributed by atoms with Gasteiger partial charge >= 0.3 is 0 Å². The number of nitrogens with one attached hydrogen (secondary N) is 1. The summed E-state index contributed by atoms with van der Waals surface area (Å²) in [5, 5.41) is 4.64. The number of anilines is 1. The largest absolute Gasteiger partial charge is 0.454 e. The van der Waals surface area contributed by atoms with Gasteiger partial charge in [-0.15, -0.1) is 11.3 Å². The number of rotatable bonds is 4. The van der Waals surface area contributed by atoms with Crippen LogP contribution in [0.3, 0.4) is 0 Å². The second-order valence-corrected chi connectivity index (χ2v) is 7.02. The summed E-state index contributed by atoms with van der Waals surface area (Å²) >= 11 is 3.01. The van der Waals surface area contributed by atoms with Gasteiger partial charge in [-0.1, -0.05) is 11.8 Å². The number of ether oxygens (including phenoxy) is 2. The first-order valence-electron chi connectivity index (χ1n) is 6.41. The van der Waals surface area contributed by atoms with E-state index < -0.39 is 0 Å². The molecule has 0 saturated carbocycles. The summed E-state index contributed by atoms with van der Waals surface area (Å²) in [4.78, 5) is 16.5. The van der Waals surface area contributed by atoms with Crippen LogP contribution >= 0.6 is 23.1 Å². The lowest BCUT2D eigenvalue weighted by Crippen LogP contribution is -2.22. The molecule has 0 bridgehead atoms. The van der Waals surface area contributed by atoms with Crippen molar-refractivity contribution in [1.29, 1.82) is 0 Å². The summed E-state index contributed by atoms with van der Waals surface area (Å²) < 4.78 is 11.4. The molecular formula is C14H14N2O3S2. The number of aryl methyl sites for hydroxylation is 1. The van der Waals surface area contributed by atoms with E-state index in [2.05, 4.69) is 10.3 Å². The van der Waals surface area contributed by atoms with Crippen LogP contribution in [-0.2, 0) is 4.79 Å². The minimum atomic E-state index is -0.221. The summed E-state index contributed by atoms with van der Waals surface area (Å²) in [6.45, 7) is 4.03. The predicted molar refractivity (Wildman–Crippen MR) is 83.4 cm³/mol. The fourth-order valence-corrected chi connectivity index (χ4v) is 3.79. The number of carbonyl (C=O) groups excluding carboxylic acids is 1. The van der Waals surface area contributed by atoms with Crippen LogP contribution in [0.25, 0.3) is 0 Å². The topological polar surface area (TPSA) is 60.5 Å². The fourth-order valence-electron chi connectivity index (χ4n) is 1.81. The molecule has 1 N–H and O–H groups in total. The van der Waals surface area contributed by atoms with E-state index in [9.17, 15) is 4.79 Å². The van der Waals surface area contributed by atoms with Crippen molar-refractivity contribution in [3.63, 3.8) is 0 Å². The quantitative estimate of drug-likeness (QED) is 0.875. The van der Waals surface area contributed by atoms with Crippen LogP contribution in [0.4, 0.5) is 5.69 Å². The number of hydrogen-bond donors (Lipinski definition) is 1. The normalized spacial score (nSPS) is 14.0. The molecular weight excluding hydrogens is 308 g/mol. The van der Waals surface area contributed by atoms with E-state index in [1.54, 1.807) is 29.5 Å². The number of benzene rings is 1. The summed E-state index contributed by atoms with van der Waals surface area (Å²) in [5.41, 5.74) is 1.68. The molecule has 1 aromatic heterocycles. The van der Waals surface area contributed by atoms with E-state index in [1.165, 1.54) is 11.8 Å². The van der Waals surface area contributed by atoms with Crippen molar-refractivity contribution in [3.05, 3.63) is 29.3 Å². The van der Waals surface area contributed by atoms with Gasteiger partial charge in [-0.2, -0.15) is 0 Å². The number of hydrogen-bond acceptors (Lipinski definition) is 6. The van der Waals surface area contributed by atoms with E-state index in [4.69, 9.17) is 9.47 Å². The van der Waals surface area contributed by atoms with Gasteiger partial charge in [0.15, 0.2) is 15.8 Å². The second-order valence-electron chi connectivity index (χ2n) is 4.57. The zero-order chi connectivity index (χ0) is 14.8. The van der Waals surface area contributed by atoms with Crippen molar-refractivity contribution in [1.82, 2.24) is 4.98 Å². The Labute approximate surface area is 130 Å². The predicted octanol–water partition coefficient (Wildman–Crippen LogP) is 3.30. The molecule has 1 aromatic carbocycles. The Hall–Kier alpha value is -1.73. The standard InChI is InChI=1S/C14H14N2O3S2/c1-8-6-20-14(15-8)21-9(2)13(17)16-10-3-4-11-12(5-10)19-7-18-11/h3-6,9H,7H2,1-2H3,(H,16,17)/t9-/m1/s1. The maximum absolute atomic E-state index is 12.2. The van der Waals surface area contributed by atoms with Crippen molar-refractivity contribution in [2.75, 3.05) is 12.1 Å². The smallest absolute Gasteiger partial charge is 0.237 e. The van der Waals surface area contributed by atoms with Crippen LogP contribution in [0, 0.1) is 6.92 Å².